The molecule has 17 heavy (non-hydrogen) atoms. The van der Waals surface area contributed by atoms with Crippen LogP contribution in [0.5, 0.6) is 0 Å². The number of esters is 1. The third kappa shape index (κ3) is 2.96. The average molecular weight is 236 g/mol. The minimum Gasteiger partial charge on any atom is -0.462 e. The molecule has 1 aliphatic heterocycles. The van der Waals surface area contributed by atoms with Crippen molar-refractivity contribution >= 4 is 12.3 Å². The molecule has 0 aromatic rings. The van der Waals surface area contributed by atoms with E-state index in [2.05, 4.69) is 13.0 Å². The number of aldehydes is 1. The summed E-state index contributed by atoms with van der Waals surface area (Å²) in [4.78, 5) is 22.6. The molecule has 3 nitrogen and oxygen atoms in total. The number of carbonyl (C=O) groups is 2. The number of hydrogen-bond donors (Lipinski definition) is 0. The second kappa shape index (κ2) is 5.48. The molecular weight excluding hydrogens is 216 g/mol. The Morgan fingerprint density at radius 2 is 2.18 bits per heavy atom. The molecule has 1 aliphatic carbocycles. The molecule has 0 aromatic heterocycles. The Balaban J connectivity index is 2.14. The van der Waals surface area contributed by atoms with Gasteiger partial charge in [0.1, 0.15) is 12.4 Å². The van der Waals surface area contributed by atoms with E-state index in [-0.39, 0.29) is 23.9 Å². The predicted molar refractivity (Wildman–Crippen MR) is 64.4 cm³/mol. The molecule has 0 saturated heterocycles. The number of ether oxygens (including phenoxy) is 1. The van der Waals surface area contributed by atoms with E-state index in [9.17, 15) is 9.59 Å². The highest BCUT2D eigenvalue weighted by atomic mass is 16.5. The second-order valence-electron chi connectivity index (χ2n) is 5.21. The van der Waals surface area contributed by atoms with Gasteiger partial charge in [-0.3, -0.25) is 4.79 Å². The zero-order chi connectivity index (χ0) is 12.3. The Morgan fingerprint density at radius 3 is 2.94 bits per heavy atom. The first-order valence-electron chi connectivity index (χ1n) is 6.51. The Bertz CT molecular complexity index is 332. The highest BCUT2D eigenvalue weighted by Gasteiger charge is 2.37. The molecule has 1 fully saturated rings. The van der Waals surface area contributed by atoms with Crippen LogP contribution in [0.1, 0.15) is 45.4 Å². The number of allylic oxidation sites excluding steroid dienone is 2. The molecular formula is C14H20O3. The van der Waals surface area contributed by atoms with Gasteiger partial charge in [-0.1, -0.05) is 11.6 Å². The lowest BCUT2D eigenvalue weighted by Gasteiger charge is -2.22. The molecule has 3 heteroatoms. The molecule has 0 N–H and O–H groups in total. The smallest absolute Gasteiger partial charge is 0.306 e. The third-order valence-corrected chi connectivity index (χ3v) is 3.96. The van der Waals surface area contributed by atoms with Crippen molar-refractivity contribution in [2.45, 2.75) is 51.6 Å². The quantitative estimate of drug-likeness (QED) is 0.399. The molecule has 3 atom stereocenters. The summed E-state index contributed by atoms with van der Waals surface area (Å²) < 4.78 is 5.49. The lowest BCUT2D eigenvalue weighted by Crippen LogP contribution is -2.26. The molecule has 1 saturated carbocycles. The van der Waals surface area contributed by atoms with Crippen LogP contribution in [0.4, 0.5) is 0 Å². The Labute approximate surface area is 102 Å². The zero-order valence-electron chi connectivity index (χ0n) is 10.4. The van der Waals surface area contributed by atoms with Gasteiger partial charge in [-0.05, 0) is 39.0 Å². The molecule has 0 radical (unpaired) electrons. The molecule has 94 valence electrons. The van der Waals surface area contributed by atoms with Gasteiger partial charge in [0.15, 0.2) is 0 Å². The minimum atomic E-state index is -0.0961. The molecule has 0 aromatic carbocycles. The summed E-state index contributed by atoms with van der Waals surface area (Å²) in [6.45, 7) is 2.10. The van der Waals surface area contributed by atoms with Crippen molar-refractivity contribution in [3.8, 4) is 0 Å². The van der Waals surface area contributed by atoms with Gasteiger partial charge >= 0.3 is 5.97 Å². The summed E-state index contributed by atoms with van der Waals surface area (Å²) in [6, 6.07) is 0. The van der Waals surface area contributed by atoms with Crippen molar-refractivity contribution < 1.29 is 14.3 Å². The lowest BCUT2D eigenvalue weighted by molar-refractivity contribution is -0.151. The van der Waals surface area contributed by atoms with E-state index in [1.165, 1.54) is 5.57 Å². The van der Waals surface area contributed by atoms with Gasteiger partial charge < -0.3 is 9.53 Å². The van der Waals surface area contributed by atoms with Gasteiger partial charge in [-0.2, -0.15) is 0 Å². The fourth-order valence-corrected chi connectivity index (χ4v) is 2.88. The number of rotatable bonds is 1. The number of hydrogen-bond acceptors (Lipinski definition) is 3. The fraction of sp³-hybridized carbons (Fsp3) is 0.714. The summed E-state index contributed by atoms with van der Waals surface area (Å²) in [6.07, 6.45) is 8.11. The number of fused-ring (bicyclic) bond motifs is 1. The highest BCUT2D eigenvalue weighted by molar-refractivity contribution is 5.69. The van der Waals surface area contributed by atoms with Crippen molar-refractivity contribution in [3.63, 3.8) is 0 Å². The first-order chi connectivity index (χ1) is 8.20. The Morgan fingerprint density at radius 1 is 1.35 bits per heavy atom. The van der Waals surface area contributed by atoms with Crippen LogP contribution >= 0.6 is 0 Å². The van der Waals surface area contributed by atoms with Crippen LogP contribution in [0.2, 0.25) is 0 Å². The van der Waals surface area contributed by atoms with Crippen LogP contribution in [0.3, 0.4) is 0 Å². The SMILES string of the molecule is C/C1=C/C[C@H]2[C@H](CC[C@@H]2C=O)OC(=O)CCC1. The highest BCUT2D eigenvalue weighted by Crippen LogP contribution is 2.36. The maximum atomic E-state index is 11.6. The van der Waals surface area contributed by atoms with Gasteiger partial charge in [0.2, 0.25) is 0 Å². The van der Waals surface area contributed by atoms with Crippen LogP contribution in [-0.2, 0) is 14.3 Å². The van der Waals surface area contributed by atoms with E-state index in [4.69, 9.17) is 4.74 Å². The first-order valence-corrected chi connectivity index (χ1v) is 6.51. The summed E-state index contributed by atoms with van der Waals surface area (Å²) in [5.74, 6) is 0.169. The van der Waals surface area contributed by atoms with Crippen molar-refractivity contribution in [1.82, 2.24) is 0 Å². The fourth-order valence-electron chi connectivity index (χ4n) is 2.88. The maximum Gasteiger partial charge on any atom is 0.306 e. The summed E-state index contributed by atoms with van der Waals surface area (Å²) in [7, 11) is 0. The molecule has 0 spiro atoms. The van der Waals surface area contributed by atoms with Crippen LogP contribution in [0.15, 0.2) is 11.6 Å². The standard InChI is InChI=1S/C14H20O3/c1-10-3-2-4-14(16)17-13-8-6-11(9-15)12(13)7-5-10/h5,9,11-13H,2-4,6-8H2,1H3/b10-5-/t11-,12-,13+/m1/s1. The maximum absolute atomic E-state index is 11.6. The summed E-state index contributed by atoms with van der Waals surface area (Å²) in [5.41, 5.74) is 1.33. The van der Waals surface area contributed by atoms with Crippen molar-refractivity contribution in [1.29, 1.82) is 0 Å². The summed E-state index contributed by atoms with van der Waals surface area (Å²) in [5, 5.41) is 0. The van der Waals surface area contributed by atoms with Gasteiger partial charge in [0.05, 0.1) is 0 Å². The van der Waals surface area contributed by atoms with Crippen molar-refractivity contribution in [3.05, 3.63) is 11.6 Å². The Hall–Kier alpha value is -1.12. The second-order valence-corrected chi connectivity index (χ2v) is 5.21. The monoisotopic (exact) mass is 236 g/mol. The van der Waals surface area contributed by atoms with Crippen LogP contribution in [-0.4, -0.2) is 18.4 Å². The van der Waals surface area contributed by atoms with Crippen LogP contribution < -0.4 is 0 Å². The van der Waals surface area contributed by atoms with Crippen molar-refractivity contribution in [2.24, 2.45) is 11.8 Å². The minimum absolute atomic E-state index is 0.0418. The van der Waals surface area contributed by atoms with Crippen LogP contribution in [0.25, 0.3) is 0 Å². The number of carbonyl (C=O) groups excluding carboxylic acids is 2. The van der Waals surface area contributed by atoms with Crippen LogP contribution in [0, 0.1) is 11.8 Å². The Kier molecular flexibility index (Phi) is 3.97. The van der Waals surface area contributed by atoms with Gasteiger partial charge in [0, 0.05) is 18.3 Å². The normalized spacial score (nSPS) is 37.6. The topological polar surface area (TPSA) is 43.4 Å². The molecule has 0 amide bonds. The van der Waals surface area contributed by atoms with E-state index < -0.39 is 0 Å². The molecule has 2 rings (SSSR count). The predicted octanol–water partition coefficient (Wildman–Crippen LogP) is 2.64. The zero-order valence-corrected chi connectivity index (χ0v) is 10.4. The molecule has 0 unspecified atom stereocenters. The van der Waals surface area contributed by atoms with E-state index in [0.29, 0.717) is 6.42 Å². The first kappa shape index (κ1) is 12.3. The van der Waals surface area contributed by atoms with Gasteiger partial charge in [-0.15, -0.1) is 0 Å². The average Bonchev–Trinajstić information content (AvgIpc) is 2.68. The van der Waals surface area contributed by atoms with Crippen molar-refractivity contribution in [2.75, 3.05) is 0 Å². The summed E-state index contributed by atoms with van der Waals surface area (Å²) >= 11 is 0. The molecule has 1 heterocycles. The lowest BCUT2D eigenvalue weighted by atomic mass is 9.91. The van der Waals surface area contributed by atoms with Gasteiger partial charge in [-0.25, -0.2) is 0 Å². The van der Waals surface area contributed by atoms with E-state index >= 15 is 0 Å². The van der Waals surface area contributed by atoms with E-state index in [0.717, 1.165) is 38.4 Å². The molecule has 2 aliphatic rings. The van der Waals surface area contributed by atoms with Gasteiger partial charge in [0.25, 0.3) is 0 Å². The largest absolute Gasteiger partial charge is 0.462 e. The van der Waals surface area contributed by atoms with E-state index in [1.54, 1.807) is 0 Å². The van der Waals surface area contributed by atoms with E-state index in [1.807, 2.05) is 0 Å². The third-order valence-electron chi connectivity index (χ3n) is 3.96. The molecule has 0 bridgehead atoms.